The van der Waals surface area contributed by atoms with Gasteiger partial charge in [-0.25, -0.2) is 9.59 Å². The molecule has 1 N–H and O–H groups in total. The zero-order chi connectivity index (χ0) is 13.6. The average Bonchev–Trinajstić information content (AvgIpc) is 3.02. The van der Waals surface area contributed by atoms with Gasteiger partial charge >= 0.3 is 11.9 Å². The summed E-state index contributed by atoms with van der Waals surface area (Å²) in [6, 6.07) is 0. The van der Waals surface area contributed by atoms with Crippen molar-refractivity contribution in [1.82, 2.24) is 0 Å². The molecule has 0 radical (unpaired) electrons. The van der Waals surface area contributed by atoms with Gasteiger partial charge in [-0.15, -0.1) is 0 Å². The molecule has 2 aliphatic heterocycles. The Balaban J connectivity index is 2.34. The topological polar surface area (TPSA) is 82.1 Å². The van der Waals surface area contributed by atoms with Crippen molar-refractivity contribution in [3.05, 3.63) is 22.3 Å². The van der Waals surface area contributed by atoms with E-state index in [1.807, 2.05) is 0 Å². The smallest absolute Gasteiger partial charge is 0.342 e. The molecule has 0 amide bonds. The van der Waals surface area contributed by atoms with Crippen molar-refractivity contribution in [2.75, 3.05) is 20.3 Å². The molecule has 0 unspecified atom stereocenters. The number of fused-ring (bicyclic) bond motifs is 2. The second kappa shape index (κ2) is 4.15. The lowest BCUT2D eigenvalue weighted by molar-refractivity contribution is 0.0593. The molecule has 0 spiro atoms. The van der Waals surface area contributed by atoms with Gasteiger partial charge in [-0.05, 0) is 0 Å². The fraction of sp³-hybridized carbons (Fsp3) is 0.385. The van der Waals surface area contributed by atoms with Gasteiger partial charge in [-0.3, -0.25) is 0 Å². The van der Waals surface area contributed by atoms with Crippen molar-refractivity contribution in [3.8, 4) is 11.5 Å². The van der Waals surface area contributed by atoms with E-state index in [9.17, 15) is 14.7 Å². The van der Waals surface area contributed by atoms with Crippen LogP contribution < -0.4 is 9.47 Å². The summed E-state index contributed by atoms with van der Waals surface area (Å²) in [5, 5.41) is 9.35. The van der Waals surface area contributed by atoms with E-state index < -0.39 is 11.9 Å². The zero-order valence-corrected chi connectivity index (χ0v) is 10.3. The lowest BCUT2D eigenvalue weighted by Crippen LogP contribution is -2.11. The van der Waals surface area contributed by atoms with Crippen LogP contribution in [0.4, 0.5) is 0 Å². The molecule has 3 rings (SSSR count). The minimum atomic E-state index is -1.06. The first kappa shape index (κ1) is 11.8. The fourth-order valence-electron chi connectivity index (χ4n) is 2.65. The summed E-state index contributed by atoms with van der Waals surface area (Å²) in [4.78, 5) is 23.3. The van der Waals surface area contributed by atoms with Crippen molar-refractivity contribution in [3.63, 3.8) is 0 Å². The molecular weight excluding hydrogens is 252 g/mol. The van der Waals surface area contributed by atoms with Gasteiger partial charge in [0.25, 0.3) is 0 Å². The van der Waals surface area contributed by atoms with Crippen molar-refractivity contribution in [2.24, 2.45) is 0 Å². The molecule has 0 aliphatic carbocycles. The number of aromatic carboxylic acids is 1. The maximum absolute atomic E-state index is 11.9. The Kier molecular flexibility index (Phi) is 2.58. The Morgan fingerprint density at radius 1 is 1.05 bits per heavy atom. The molecule has 6 heteroatoms. The second-order valence-corrected chi connectivity index (χ2v) is 4.36. The van der Waals surface area contributed by atoms with Crippen LogP contribution in [0.1, 0.15) is 31.8 Å². The quantitative estimate of drug-likeness (QED) is 0.804. The molecule has 1 aromatic rings. The summed E-state index contributed by atoms with van der Waals surface area (Å²) < 4.78 is 15.6. The van der Waals surface area contributed by atoms with Gasteiger partial charge in [0, 0.05) is 24.0 Å². The first-order valence-corrected chi connectivity index (χ1v) is 5.94. The normalized spacial score (nSPS) is 15.2. The summed E-state index contributed by atoms with van der Waals surface area (Å²) in [7, 11) is 1.29. The van der Waals surface area contributed by atoms with Crippen LogP contribution in [0.3, 0.4) is 0 Å². The van der Waals surface area contributed by atoms with Crippen LogP contribution in [-0.2, 0) is 17.6 Å². The fourth-order valence-corrected chi connectivity index (χ4v) is 2.65. The Hall–Kier alpha value is -2.24. The van der Waals surface area contributed by atoms with Crippen LogP contribution in [0.5, 0.6) is 11.5 Å². The number of benzene rings is 1. The van der Waals surface area contributed by atoms with Crippen LogP contribution in [0, 0.1) is 0 Å². The number of hydrogen-bond acceptors (Lipinski definition) is 5. The highest BCUT2D eigenvalue weighted by Gasteiger charge is 2.36. The first-order chi connectivity index (χ1) is 9.15. The third-order valence-electron chi connectivity index (χ3n) is 3.41. The van der Waals surface area contributed by atoms with Crippen LogP contribution in [0.2, 0.25) is 0 Å². The molecular formula is C13H12O6. The highest BCUT2D eigenvalue weighted by Crippen LogP contribution is 2.44. The van der Waals surface area contributed by atoms with E-state index in [2.05, 4.69) is 0 Å². The molecule has 19 heavy (non-hydrogen) atoms. The molecule has 0 fully saturated rings. The summed E-state index contributed by atoms with van der Waals surface area (Å²) in [5.41, 5.74) is 1.53. The van der Waals surface area contributed by atoms with Crippen LogP contribution in [0.15, 0.2) is 0 Å². The minimum absolute atomic E-state index is 0.118. The molecule has 6 nitrogen and oxygen atoms in total. The van der Waals surface area contributed by atoms with Gasteiger partial charge in [-0.1, -0.05) is 0 Å². The molecule has 0 saturated carbocycles. The lowest BCUT2D eigenvalue weighted by Gasteiger charge is -2.13. The average molecular weight is 264 g/mol. The van der Waals surface area contributed by atoms with Crippen LogP contribution in [-0.4, -0.2) is 37.4 Å². The zero-order valence-electron chi connectivity index (χ0n) is 10.3. The molecule has 2 aliphatic rings. The molecule has 1 aromatic carbocycles. The number of esters is 1. The molecule has 0 atom stereocenters. The SMILES string of the molecule is COC(=O)c1c2c(c(C(=O)O)c3c1OCC3)OCC2. The predicted molar refractivity (Wildman–Crippen MR) is 63.1 cm³/mol. The maximum atomic E-state index is 11.9. The monoisotopic (exact) mass is 264 g/mol. The number of carboxylic acids is 1. The van der Waals surface area contributed by atoms with Crippen molar-refractivity contribution < 1.29 is 28.9 Å². The van der Waals surface area contributed by atoms with E-state index in [0.29, 0.717) is 48.5 Å². The molecule has 2 heterocycles. The summed E-state index contributed by atoms with van der Waals surface area (Å²) in [5.74, 6) is -0.946. The van der Waals surface area contributed by atoms with E-state index in [0.717, 1.165) is 0 Å². The summed E-state index contributed by atoms with van der Waals surface area (Å²) in [6.07, 6.45) is 0.939. The van der Waals surface area contributed by atoms with E-state index >= 15 is 0 Å². The number of carbonyl (C=O) groups excluding carboxylic acids is 1. The number of hydrogen-bond donors (Lipinski definition) is 1. The van der Waals surface area contributed by atoms with Gasteiger partial charge < -0.3 is 19.3 Å². The Morgan fingerprint density at radius 3 is 2.11 bits per heavy atom. The third-order valence-corrected chi connectivity index (χ3v) is 3.41. The number of rotatable bonds is 2. The minimum Gasteiger partial charge on any atom is -0.492 e. The van der Waals surface area contributed by atoms with Gasteiger partial charge in [-0.2, -0.15) is 0 Å². The highest BCUT2D eigenvalue weighted by atomic mass is 16.5. The van der Waals surface area contributed by atoms with Gasteiger partial charge in [0.1, 0.15) is 22.6 Å². The highest BCUT2D eigenvalue weighted by molar-refractivity contribution is 6.02. The third kappa shape index (κ3) is 1.56. The molecule has 0 bridgehead atoms. The van der Waals surface area contributed by atoms with Crippen LogP contribution >= 0.6 is 0 Å². The van der Waals surface area contributed by atoms with E-state index in [1.54, 1.807) is 0 Å². The van der Waals surface area contributed by atoms with Gasteiger partial charge in [0.05, 0.1) is 20.3 Å². The van der Waals surface area contributed by atoms with E-state index in [4.69, 9.17) is 14.2 Å². The Labute approximate surface area is 108 Å². The largest absolute Gasteiger partial charge is 0.492 e. The Morgan fingerprint density at radius 2 is 1.58 bits per heavy atom. The first-order valence-electron chi connectivity index (χ1n) is 5.94. The molecule has 0 saturated heterocycles. The van der Waals surface area contributed by atoms with Gasteiger partial charge in [0.2, 0.25) is 0 Å². The van der Waals surface area contributed by atoms with Gasteiger partial charge in [0.15, 0.2) is 0 Å². The second-order valence-electron chi connectivity index (χ2n) is 4.36. The lowest BCUT2D eigenvalue weighted by atomic mass is 9.94. The number of carbonyl (C=O) groups is 2. The van der Waals surface area contributed by atoms with Crippen molar-refractivity contribution in [1.29, 1.82) is 0 Å². The standard InChI is InChI=1S/C13H12O6/c1-17-13(16)9-7-3-5-18-10(7)8(12(14)15)6-2-4-19-11(6)9/h2-5H2,1H3,(H,14,15). The Bertz CT molecular complexity index is 554. The van der Waals surface area contributed by atoms with E-state index in [-0.39, 0.29) is 11.3 Å². The van der Waals surface area contributed by atoms with Crippen molar-refractivity contribution >= 4 is 11.9 Å². The van der Waals surface area contributed by atoms with Crippen molar-refractivity contribution in [2.45, 2.75) is 12.8 Å². The number of methoxy groups -OCH3 is 1. The maximum Gasteiger partial charge on any atom is 0.342 e. The van der Waals surface area contributed by atoms with Crippen LogP contribution in [0.25, 0.3) is 0 Å². The number of ether oxygens (including phenoxy) is 3. The summed E-state index contributed by atoms with van der Waals surface area (Å²) >= 11 is 0. The molecule has 0 aromatic heterocycles. The number of carboxylic acid groups (broad SMARTS) is 1. The predicted octanol–water partition coefficient (Wildman–Crippen LogP) is 1.04. The summed E-state index contributed by atoms with van der Waals surface area (Å²) in [6.45, 7) is 0.727. The van der Waals surface area contributed by atoms with E-state index in [1.165, 1.54) is 7.11 Å². The molecule has 100 valence electrons.